The van der Waals surface area contributed by atoms with Crippen molar-refractivity contribution in [3.63, 3.8) is 0 Å². The van der Waals surface area contributed by atoms with Crippen LogP contribution in [0.3, 0.4) is 0 Å². The van der Waals surface area contributed by atoms with Gasteiger partial charge in [0.2, 0.25) is 0 Å². The van der Waals surface area contributed by atoms with Crippen LogP contribution in [0.1, 0.15) is 5.56 Å². The van der Waals surface area contributed by atoms with Crippen LogP contribution >= 0.6 is 11.8 Å². The minimum Gasteiger partial charge on any atom is -0.361 e. The number of thioether (sulfide) groups is 1. The van der Waals surface area contributed by atoms with Crippen molar-refractivity contribution in [3.8, 4) is 0 Å². The molecule has 0 radical (unpaired) electrons. The van der Waals surface area contributed by atoms with Crippen LogP contribution in [0.4, 0.5) is 13.2 Å². The molecule has 104 valence electrons. The summed E-state index contributed by atoms with van der Waals surface area (Å²) in [6.45, 7) is 0.804. The van der Waals surface area contributed by atoms with Gasteiger partial charge in [0, 0.05) is 28.5 Å². The number of hydrogen-bond donors (Lipinski definition) is 1. The molecular weight excluding hydrogens is 273 g/mol. The number of fused-ring (bicyclic) bond motifs is 1. The molecule has 0 fully saturated rings. The molecule has 0 atom stereocenters. The minimum atomic E-state index is -4.26. The highest BCUT2D eigenvalue weighted by Crippen LogP contribution is 2.41. The van der Waals surface area contributed by atoms with Gasteiger partial charge >= 0.3 is 5.51 Å². The fourth-order valence-corrected chi connectivity index (χ4v) is 2.71. The van der Waals surface area contributed by atoms with Gasteiger partial charge in [-0.1, -0.05) is 6.07 Å². The normalized spacial score (nSPS) is 12.5. The molecule has 1 N–H and O–H groups in total. The van der Waals surface area contributed by atoms with E-state index in [1.54, 1.807) is 18.3 Å². The monoisotopic (exact) mass is 288 g/mol. The zero-order chi connectivity index (χ0) is 14.0. The predicted molar refractivity (Wildman–Crippen MR) is 72.5 cm³/mol. The van der Waals surface area contributed by atoms with Crippen LogP contribution in [0.25, 0.3) is 10.9 Å². The van der Waals surface area contributed by atoms with E-state index in [1.807, 2.05) is 19.0 Å². The van der Waals surface area contributed by atoms with Gasteiger partial charge in [-0.25, -0.2) is 0 Å². The summed E-state index contributed by atoms with van der Waals surface area (Å²) < 4.78 is 37.7. The second-order valence-corrected chi connectivity index (χ2v) is 5.70. The fourth-order valence-electron chi connectivity index (χ4n) is 1.97. The quantitative estimate of drug-likeness (QED) is 0.861. The van der Waals surface area contributed by atoms with E-state index in [0.29, 0.717) is 5.39 Å². The van der Waals surface area contributed by atoms with Gasteiger partial charge < -0.3 is 9.88 Å². The maximum absolute atomic E-state index is 12.6. The molecule has 2 nitrogen and oxygen atoms in total. The first-order valence-electron chi connectivity index (χ1n) is 5.86. The van der Waals surface area contributed by atoms with Crippen LogP contribution in [0.15, 0.2) is 29.3 Å². The first-order valence-corrected chi connectivity index (χ1v) is 6.68. The van der Waals surface area contributed by atoms with Crippen LogP contribution in [-0.2, 0) is 6.42 Å². The Hall–Kier alpha value is -1.14. The average molecular weight is 288 g/mol. The van der Waals surface area contributed by atoms with Gasteiger partial charge in [0.05, 0.1) is 0 Å². The molecule has 19 heavy (non-hydrogen) atoms. The highest BCUT2D eigenvalue weighted by molar-refractivity contribution is 8.00. The third kappa shape index (κ3) is 3.67. The Bertz CT molecular complexity index is 561. The summed E-state index contributed by atoms with van der Waals surface area (Å²) in [4.78, 5) is 5.32. The number of hydrogen-bond acceptors (Lipinski definition) is 2. The molecular formula is C13H15F3N2S. The number of rotatable bonds is 4. The Kier molecular flexibility index (Phi) is 4.10. The lowest BCUT2D eigenvalue weighted by molar-refractivity contribution is -0.0327. The Labute approximate surface area is 114 Å². The van der Waals surface area contributed by atoms with Gasteiger partial charge in [0.25, 0.3) is 0 Å². The standard InChI is InChI=1S/C13H15F3N2S/c1-18(2)7-6-9-8-17-10-4-3-5-11(12(9)10)19-13(14,15)16/h3-5,8,17H,6-7H2,1-2H3. The second-order valence-electron chi connectivity index (χ2n) is 4.59. The van der Waals surface area contributed by atoms with Gasteiger partial charge in [-0.2, -0.15) is 13.2 Å². The molecule has 0 unspecified atom stereocenters. The lowest BCUT2D eigenvalue weighted by Crippen LogP contribution is -2.14. The van der Waals surface area contributed by atoms with Crippen molar-refractivity contribution in [1.82, 2.24) is 9.88 Å². The number of likely N-dealkylation sites (N-methyl/N-ethyl adjacent to an activating group) is 1. The first-order chi connectivity index (χ1) is 8.87. The van der Waals surface area contributed by atoms with Crippen LogP contribution in [0.2, 0.25) is 0 Å². The molecule has 2 rings (SSSR count). The molecule has 2 aromatic rings. The summed E-state index contributed by atoms with van der Waals surface area (Å²) in [6.07, 6.45) is 2.52. The minimum absolute atomic E-state index is 0.0503. The van der Waals surface area contributed by atoms with Crippen LogP contribution < -0.4 is 0 Å². The zero-order valence-corrected chi connectivity index (χ0v) is 11.5. The van der Waals surface area contributed by atoms with Crippen molar-refractivity contribution < 1.29 is 13.2 Å². The lowest BCUT2D eigenvalue weighted by Gasteiger charge is -2.11. The van der Waals surface area contributed by atoms with Gasteiger partial charge in [0.15, 0.2) is 0 Å². The van der Waals surface area contributed by atoms with E-state index in [4.69, 9.17) is 0 Å². The van der Waals surface area contributed by atoms with E-state index in [-0.39, 0.29) is 16.7 Å². The second kappa shape index (κ2) is 5.46. The van der Waals surface area contributed by atoms with E-state index in [2.05, 4.69) is 4.98 Å². The van der Waals surface area contributed by atoms with Crippen LogP contribution in [0.5, 0.6) is 0 Å². The lowest BCUT2D eigenvalue weighted by atomic mass is 10.1. The fraction of sp³-hybridized carbons (Fsp3) is 0.385. The van der Waals surface area contributed by atoms with Gasteiger partial charge in [-0.3, -0.25) is 0 Å². The number of halogens is 3. The summed E-state index contributed by atoms with van der Waals surface area (Å²) in [5.74, 6) is 0. The summed E-state index contributed by atoms with van der Waals surface area (Å²) in [6, 6.07) is 4.96. The molecule has 1 aromatic heterocycles. The van der Waals surface area contributed by atoms with Crippen molar-refractivity contribution in [2.24, 2.45) is 0 Å². The summed E-state index contributed by atoms with van der Waals surface area (Å²) >= 11 is -0.0503. The molecule has 0 amide bonds. The topological polar surface area (TPSA) is 19.0 Å². The number of nitrogens with zero attached hydrogens (tertiary/aromatic N) is 1. The molecule has 0 saturated heterocycles. The van der Waals surface area contributed by atoms with Crippen LogP contribution in [-0.4, -0.2) is 36.0 Å². The van der Waals surface area contributed by atoms with Crippen molar-refractivity contribution in [2.75, 3.05) is 20.6 Å². The zero-order valence-electron chi connectivity index (χ0n) is 10.7. The van der Waals surface area contributed by atoms with Gasteiger partial charge in [-0.15, -0.1) is 0 Å². The molecule has 0 spiro atoms. The Balaban J connectivity index is 2.37. The van der Waals surface area contributed by atoms with E-state index in [1.165, 1.54) is 6.07 Å². The molecule has 0 aliphatic heterocycles. The third-order valence-corrected chi connectivity index (χ3v) is 3.59. The Morgan fingerprint density at radius 2 is 2.00 bits per heavy atom. The van der Waals surface area contributed by atoms with Crippen LogP contribution in [0, 0.1) is 0 Å². The average Bonchev–Trinajstić information content (AvgIpc) is 2.68. The van der Waals surface area contributed by atoms with E-state index in [9.17, 15) is 13.2 Å². The number of aromatic amines is 1. The Morgan fingerprint density at radius 3 is 2.63 bits per heavy atom. The summed E-state index contributed by atoms with van der Waals surface area (Å²) in [7, 11) is 3.89. The maximum atomic E-state index is 12.6. The highest BCUT2D eigenvalue weighted by atomic mass is 32.2. The van der Waals surface area contributed by atoms with Crippen molar-refractivity contribution in [2.45, 2.75) is 16.8 Å². The highest BCUT2D eigenvalue weighted by Gasteiger charge is 2.30. The van der Waals surface area contributed by atoms with Crippen molar-refractivity contribution in [3.05, 3.63) is 30.0 Å². The SMILES string of the molecule is CN(C)CCc1c[nH]c2cccc(SC(F)(F)F)c12. The first kappa shape index (κ1) is 14.3. The van der Waals surface area contributed by atoms with E-state index in [0.717, 1.165) is 24.0 Å². The molecule has 1 heterocycles. The van der Waals surface area contributed by atoms with E-state index < -0.39 is 5.51 Å². The van der Waals surface area contributed by atoms with Gasteiger partial charge in [-0.05, 0) is 50.0 Å². The molecule has 0 aliphatic rings. The third-order valence-electron chi connectivity index (χ3n) is 2.80. The molecule has 0 aliphatic carbocycles. The number of aromatic nitrogens is 1. The molecule has 6 heteroatoms. The predicted octanol–water partition coefficient (Wildman–Crippen LogP) is 3.88. The molecule has 0 saturated carbocycles. The van der Waals surface area contributed by atoms with Crippen molar-refractivity contribution >= 4 is 22.7 Å². The Morgan fingerprint density at radius 1 is 1.26 bits per heavy atom. The maximum Gasteiger partial charge on any atom is 0.446 e. The largest absolute Gasteiger partial charge is 0.446 e. The van der Waals surface area contributed by atoms with Crippen molar-refractivity contribution in [1.29, 1.82) is 0 Å². The summed E-state index contributed by atoms with van der Waals surface area (Å²) in [5.41, 5.74) is -2.58. The molecule has 0 bridgehead atoms. The smallest absolute Gasteiger partial charge is 0.361 e. The number of nitrogens with one attached hydrogen (secondary N) is 1. The number of alkyl halides is 3. The van der Waals surface area contributed by atoms with Gasteiger partial charge in [0.1, 0.15) is 0 Å². The summed E-state index contributed by atoms with van der Waals surface area (Å²) in [5, 5.41) is 0.687. The number of benzene rings is 1. The molecule has 1 aromatic carbocycles. The van der Waals surface area contributed by atoms with E-state index >= 15 is 0 Å². The number of H-pyrrole nitrogens is 1.